The van der Waals surface area contributed by atoms with E-state index < -0.39 is 0 Å². The van der Waals surface area contributed by atoms with E-state index in [0.717, 1.165) is 35.9 Å². The molecule has 1 aromatic carbocycles. The van der Waals surface area contributed by atoms with Gasteiger partial charge in [0, 0.05) is 32.1 Å². The molecule has 1 atom stereocenters. The lowest BCUT2D eigenvalue weighted by atomic mass is 10.1. The van der Waals surface area contributed by atoms with E-state index in [4.69, 9.17) is 32.7 Å². The molecule has 2 aromatic rings. The zero-order valence-electron chi connectivity index (χ0n) is 12.8. The molecule has 3 rings (SSSR count). The van der Waals surface area contributed by atoms with Crippen LogP contribution in [0.15, 0.2) is 23.6 Å². The molecule has 23 heavy (non-hydrogen) atoms. The minimum absolute atomic E-state index is 0.00981. The molecule has 7 heteroatoms. The Morgan fingerprint density at radius 1 is 1.39 bits per heavy atom. The van der Waals surface area contributed by atoms with Gasteiger partial charge in [0.1, 0.15) is 5.01 Å². The number of benzene rings is 1. The van der Waals surface area contributed by atoms with Crippen LogP contribution in [-0.4, -0.2) is 36.7 Å². The Kier molecular flexibility index (Phi) is 5.91. The Labute approximate surface area is 149 Å². The van der Waals surface area contributed by atoms with Gasteiger partial charge in [0.25, 0.3) is 0 Å². The highest BCUT2D eigenvalue weighted by atomic mass is 35.5. The molecule has 0 radical (unpaired) electrons. The fraction of sp³-hybridized carbons (Fsp3) is 0.438. The molecule has 1 fully saturated rings. The summed E-state index contributed by atoms with van der Waals surface area (Å²) in [6.45, 7) is 3.80. The lowest BCUT2D eigenvalue weighted by Gasteiger charge is -2.32. The first kappa shape index (κ1) is 17.1. The van der Waals surface area contributed by atoms with E-state index >= 15 is 0 Å². The van der Waals surface area contributed by atoms with E-state index in [1.54, 1.807) is 18.4 Å². The second-order valence-electron chi connectivity index (χ2n) is 5.43. The summed E-state index contributed by atoms with van der Waals surface area (Å²) >= 11 is 13.7. The minimum Gasteiger partial charge on any atom is -0.378 e. The Morgan fingerprint density at radius 2 is 2.26 bits per heavy atom. The summed E-state index contributed by atoms with van der Waals surface area (Å²) in [5.74, 6) is 0. The summed E-state index contributed by atoms with van der Waals surface area (Å²) in [4.78, 5) is 6.94. The number of ether oxygens (including phenoxy) is 2. The number of hydrogen-bond acceptors (Lipinski definition) is 5. The smallest absolute Gasteiger partial charge is 0.119 e. The fourth-order valence-electron chi connectivity index (χ4n) is 2.60. The van der Waals surface area contributed by atoms with Crippen molar-refractivity contribution in [3.05, 3.63) is 49.9 Å². The molecule has 1 saturated heterocycles. The molecule has 0 amide bonds. The van der Waals surface area contributed by atoms with Crippen molar-refractivity contribution in [3.63, 3.8) is 0 Å². The molecule has 1 aromatic heterocycles. The van der Waals surface area contributed by atoms with E-state index in [-0.39, 0.29) is 6.10 Å². The summed E-state index contributed by atoms with van der Waals surface area (Å²) in [7, 11) is 1.69. The topological polar surface area (TPSA) is 34.6 Å². The van der Waals surface area contributed by atoms with E-state index in [2.05, 4.69) is 15.3 Å². The van der Waals surface area contributed by atoms with E-state index in [1.165, 1.54) is 0 Å². The van der Waals surface area contributed by atoms with Crippen LogP contribution in [0.1, 0.15) is 22.4 Å². The van der Waals surface area contributed by atoms with Crippen molar-refractivity contribution in [1.29, 1.82) is 0 Å². The third-order valence-corrected chi connectivity index (χ3v) is 5.33. The fourth-order valence-corrected chi connectivity index (χ4v) is 3.66. The molecule has 1 aliphatic heterocycles. The van der Waals surface area contributed by atoms with Crippen molar-refractivity contribution in [2.24, 2.45) is 0 Å². The second kappa shape index (κ2) is 7.92. The Morgan fingerprint density at radius 3 is 3.04 bits per heavy atom. The van der Waals surface area contributed by atoms with E-state index in [0.29, 0.717) is 23.3 Å². The monoisotopic (exact) mass is 372 g/mol. The van der Waals surface area contributed by atoms with Crippen LogP contribution in [0.25, 0.3) is 0 Å². The molecule has 0 N–H and O–H groups in total. The van der Waals surface area contributed by atoms with Crippen LogP contribution in [0.5, 0.6) is 0 Å². The summed E-state index contributed by atoms with van der Waals surface area (Å²) in [6.07, 6.45) is 0.00981. The first-order valence-electron chi connectivity index (χ1n) is 7.37. The standard InChI is InChI=1S/C16H18Cl2N2O2S/c1-21-9-16-19-12(10-23-16)7-20-4-5-22-15(8-20)11-2-3-13(17)14(18)6-11/h2-3,6,10,15H,4-5,7-9H2,1H3. The summed E-state index contributed by atoms with van der Waals surface area (Å²) < 4.78 is 11.0. The number of aromatic nitrogens is 1. The maximum Gasteiger partial charge on any atom is 0.119 e. The van der Waals surface area contributed by atoms with Crippen molar-refractivity contribution in [3.8, 4) is 0 Å². The van der Waals surface area contributed by atoms with Gasteiger partial charge >= 0.3 is 0 Å². The van der Waals surface area contributed by atoms with Gasteiger partial charge in [-0.05, 0) is 17.7 Å². The normalized spacial score (nSPS) is 19.2. The number of morpholine rings is 1. The number of thiazole rings is 1. The number of halogens is 2. The van der Waals surface area contributed by atoms with E-state index in [1.807, 2.05) is 18.2 Å². The average molecular weight is 373 g/mol. The SMILES string of the molecule is COCc1nc(CN2CCOC(c3ccc(Cl)c(Cl)c3)C2)cs1. The molecule has 1 aliphatic rings. The number of hydrogen-bond donors (Lipinski definition) is 0. The number of rotatable bonds is 5. The Bertz CT molecular complexity index is 665. The summed E-state index contributed by atoms with van der Waals surface area (Å²) in [5.41, 5.74) is 2.14. The molecular formula is C16H18Cl2N2O2S. The molecule has 0 bridgehead atoms. The van der Waals surface area contributed by atoms with Gasteiger partial charge in [0.05, 0.1) is 35.1 Å². The summed E-state index contributed by atoms with van der Waals surface area (Å²) in [5, 5.41) is 4.24. The molecule has 0 aliphatic carbocycles. The Balaban J connectivity index is 1.64. The first-order chi connectivity index (χ1) is 11.2. The van der Waals surface area contributed by atoms with Crippen LogP contribution in [0.2, 0.25) is 10.0 Å². The molecule has 0 saturated carbocycles. The van der Waals surface area contributed by atoms with E-state index in [9.17, 15) is 0 Å². The predicted octanol–water partition coefficient (Wildman–Crippen LogP) is 4.17. The van der Waals surface area contributed by atoms with Gasteiger partial charge < -0.3 is 9.47 Å². The largest absolute Gasteiger partial charge is 0.378 e. The average Bonchev–Trinajstić information content (AvgIpc) is 2.98. The van der Waals surface area contributed by atoms with Crippen LogP contribution in [0, 0.1) is 0 Å². The Hall–Kier alpha value is -0.690. The number of nitrogens with zero attached hydrogens (tertiary/aromatic N) is 2. The van der Waals surface area contributed by atoms with Crippen LogP contribution >= 0.6 is 34.5 Å². The zero-order chi connectivity index (χ0) is 16.2. The van der Waals surface area contributed by atoms with Gasteiger partial charge in [-0.1, -0.05) is 29.3 Å². The van der Waals surface area contributed by atoms with Crippen LogP contribution in [0.4, 0.5) is 0 Å². The van der Waals surface area contributed by atoms with Crippen LogP contribution in [0.3, 0.4) is 0 Å². The molecule has 2 heterocycles. The highest BCUT2D eigenvalue weighted by molar-refractivity contribution is 7.09. The van der Waals surface area contributed by atoms with Crippen LogP contribution < -0.4 is 0 Å². The summed E-state index contributed by atoms with van der Waals surface area (Å²) in [6, 6.07) is 5.68. The van der Waals surface area contributed by atoms with Gasteiger partial charge in [-0.2, -0.15) is 0 Å². The predicted molar refractivity (Wildman–Crippen MR) is 93.3 cm³/mol. The highest BCUT2D eigenvalue weighted by Gasteiger charge is 2.23. The maximum atomic E-state index is 6.11. The zero-order valence-corrected chi connectivity index (χ0v) is 15.1. The van der Waals surface area contributed by atoms with Crippen molar-refractivity contribution < 1.29 is 9.47 Å². The van der Waals surface area contributed by atoms with Gasteiger partial charge in [0.15, 0.2) is 0 Å². The first-order valence-corrected chi connectivity index (χ1v) is 9.00. The van der Waals surface area contributed by atoms with Gasteiger partial charge in [-0.15, -0.1) is 11.3 Å². The van der Waals surface area contributed by atoms with Gasteiger partial charge in [0.2, 0.25) is 0 Å². The van der Waals surface area contributed by atoms with Gasteiger partial charge in [-0.25, -0.2) is 4.98 Å². The molecule has 124 valence electrons. The lowest BCUT2D eigenvalue weighted by Crippen LogP contribution is -2.37. The maximum absolute atomic E-state index is 6.11. The lowest BCUT2D eigenvalue weighted by molar-refractivity contribution is -0.0332. The van der Waals surface area contributed by atoms with Crippen LogP contribution in [-0.2, 0) is 22.6 Å². The van der Waals surface area contributed by atoms with Crippen molar-refractivity contribution in [2.45, 2.75) is 19.3 Å². The molecule has 4 nitrogen and oxygen atoms in total. The number of methoxy groups -OCH3 is 1. The highest BCUT2D eigenvalue weighted by Crippen LogP contribution is 2.29. The van der Waals surface area contributed by atoms with Crippen molar-refractivity contribution in [1.82, 2.24) is 9.88 Å². The third kappa shape index (κ3) is 4.44. The molecule has 0 spiro atoms. The third-order valence-electron chi connectivity index (χ3n) is 3.72. The second-order valence-corrected chi connectivity index (χ2v) is 7.19. The van der Waals surface area contributed by atoms with Gasteiger partial charge in [-0.3, -0.25) is 4.90 Å². The molecule has 1 unspecified atom stereocenters. The van der Waals surface area contributed by atoms with Crippen molar-refractivity contribution >= 4 is 34.5 Å². The minimum atomic E-state index is 0.00981. The van der Waals surface area contributed by atoms with Crippen molar-refractivity contribution in [2.75, 3.05) is 26.8 Å². The molecular weight excluding hydrogens is 355 g/mol. The quantitative estimate of drug-likeness (QED) is 0.788.